The van der Waals surface area contributed by atoms with Gasteiger partial charge >= 0.3 is 0 Å². The second-order valence-electron chi connectivity index (χ2n) is 5.61. The predicted octanol–water partition coefficient (Wildman–Crippen LogP) is 2.21. The van der Waals surface area contributed by atoms with E-state index in [1.54, 1.807) is 4.57 Å². The maximum Gasteiger partial charge on any atom is 0.153 e. The van der Waals surface area contributed by atoms with E-state index in [-0.39, 0.29) is 17.7 Å². The molecule has 4 nitrogen and oxygen atoms in total. The van der Waals surface area contributed by atoms with E-state index in [0.29, 0.717) is 12.1 Å². The second kappa shape index (κ2) is 6.07. The van der Waals surface area contributed by atoms with Gasteiger partial charge in [0.1, 0.15) is 11.3 Å². The highest BCUT2D eigenvalue weighted by Gasteiger charge is 2.21. The summed E-state index contributed by atoms with van der Waals surface area (Å²) in [4.78, 5) is 4.00. The molecule has 0 bridgehead atoms. The number of aromatic nitrogens is 2. The number of nitrogens with zero attached hydrogens (tertiary/aromatic N) is 2. The molecule has 1 saturated heterocycles. The summed E-state index contributed by atoms with van der Waals surface area (Å²) in [6.07, 6.45) is 4.73. The number of imidazole rings is 1. The Kier molecular flexibility index (Phi) is 4.17. The molecule has 0 amide bonds. The van der Waals surface area contributed by atoms with Crippen LogP contribution in [0.1, 0.15) is 25.7 Å². The lowest BCUT2D eigenvalue weighted by Crippen LogP contribution is -2.44. The molecule has 1 aromatic carbocycles. The fourth-order valence-electron chi connectivity index (χ4n) is 2.98. The molecule has 1 fully saturated rings. The van der Waals surface area contributed by atoms with Crippen molar-refractivity contribution < 1.29 is 13.9 Å². The standard InChI is InChI=1S/C15H19F2N3O/c16-10-7-11(17)15-13(8-10)20(9-19-15)6-2-3-12-14(21)4-1-5-18-12/h7-9,12,14,18,21H,1-6H2/t12-,14+/m1/s1. The molecule has 0 saturated carbocycles. The Labute approximate surface area is 121 Å². The van der Waals surface area contributed by atoms with Gasteiger partial charge in [-0.2, -0.15) is 0 Å². The smallest absolute Gasteiger partial charge is 0.153 e. The summed E-state index contributed by atoms with van der Waals surface area (Å²) in [5.41, 5.74) is 0.678. The van der Waals surface area contributed by atoms with Gasteiger partial charge in [0, 0.05) is 18.7 Å². The lowest BCUT2D eigenvalue weighted by atomic mass is 9.97. The van der Waals surface area contributed by atoms with Gasteiger partial charge in [0.2, 0.25) is 0 Å². The number of piperidine rings is 1. The molecule has 3 rings (SSSR count). The highest BCUT2D eigenvalue weighted by molar-refractivity contribution is 5.75. The van der Waals surface area contributed by atoms with Crippen molar-refractivity contribution in [2.45, 2.75) is 44.4 Å². The topological polar surface area (TPSA) is 50.1 Å². The van der Waals surface area contributed by atoms with Gasteiger partial charge in [-0.25, -0.2) is 13.8 Å². The van der Waals surface area contributed by atoms with E-state index in [9.17, 15) is 13.9 Å². The molecule has 2 aromatic rings. The molecule has 2 atom stereocenters. The number of aryl methyl sites for hydroxylation is 1. The van der Waals surface area contributed by atoms with Crippen molar-refractivity contribution in [2.75, 3.05) is 6.54 Å². The largest absolute Gasteiger partial charge is 0.392 e. The van der Waals surface area contributed by atoms with E-state index in [0.717, 1.165) is 38.3 Å². The number of fused-ring (bicyclic) bond motifs is 1. The van der Waals surface area contributed by atoms with Crippen LogP contribution in [0.4, 0.5) is 8.78 Å². The third-order valence-corrected chi connectivity index (χ3v) is 4.11. The SMILES string of the molecule is O[C@H]1CCCN[C@@H]1CCCn1cnc2c(F)cc(F)cc21. The van der Waals surface area contributed by atoms with Crippen molar-refractivity contribution in [3.63, 3.8) is 0 Å². The van der Waals surface area contributed by atoms with Crippen LogP contribution in [0.2, 0.25) is 0 Å². The van der Waals surface area contributed by atoms with Gasteiger partial charge in [0.25, 0.3) is 0 Å². The van der Waals surface area contributed by atoms with Crippen LogP contribution in [0, 0.1) is 11.6 Å². The number of benzene rings is 1. The van der Waals surface area contributed by atoms with Crippen LogP contribution in [0.5, 0.6) is 0 Å². The molecule has 0 aliphatic carbocycles. The van der Waals surface area contributed by atoms with E-state index < -0.39 is 11.6 Å². The summed E-state index contributed by atoms with van der Waals surface area (Å²) in [5.74, 6) is -1.22. The van der Waals surface area contributed by atoms with Crippen LogP contribution in [0.25, 0.3) is 11.0 Å². The molecule has 2 heterocycles. The van der Waals surface area contributed by atoms with Crippen molar-refractivity contribution >= 4 is 11.0 Å². The number of aliphatic hydroxyl groups is 1. The first-order valence-corrected chi connectivity index (χ1v) is 7.36. The summed E-state index contributed by atoms with van der Waals surface area (Å²) in [5, 5.41) is 13.2. The second-order valence-corrected chi connectivity index (χ2v) is 5.61. The Balaban J connectivity index is 1.65. The fraction of sp³-hybridized carbons (Fsp3) is 0.533. The highest BCUT2D eigenvalue weighted by atomic mass is 19.1. The van der Waals surface area contributed by atoms with Gasteiger partial charge in [-0.05, 0) is 38.3 Å². The number of aliphatic hydroxyl groups excluding tert-OH is 1. The molecule has 0 unspecified atom stereocenters. The molecule has 114 valence electrons. The Morgan fingerprint density at radius 2 is 2.24 bits per heavy atom. The quantitative estimate of drug-likeness (QED) is 0.909. The minimum absolute atomic E-state index is 0.113. The first-order chi connectivity index (χ1) is 10.1. The minimum atomic E-state index is -0.631. The van der Waals surface area contributed by atoms with Gasteiger partial charge < -0.3 is 15.0 Å². The molecule has 1 aliphatic heterocycles. The Morgan fingerprint density at radius 3 is 3.05 bits per heavy atom. The number of halogens is 2. The third kappa shape index (κ3) is 3.06. The van der Waals surface area contributed by atoms with E-state index in [2.05, 4.69) is 10.3 Å². The molecular weight excluding hydrogens is 276 g/mol. The van der Waals surface area contributed by atoms with Gasteiger partial charge in [-0.3, -0.25) is 0 Å². The number of hydrogen-bond acceptors (Lipinski definition) is 3. The van der Waals surface area contributed by atoms with E-state index in [4.69, 9.17) is 0 Å². The maximum absolute atomic E-state index is 13.6. The van der Waals surface area contributed by atoms with Crippen molar-refractivity contribution in [1.29, 1.82) is 0 Å². The summed E-state index contributed by atoms with van der Waals surface area (Å²) in [6.45, 7) is 1.57. The summed E-state index contributed by atoms with van der Waals surface area (Å²) in [6, 6.07) is 2.27. The molecule has 6 heteroatoms. The lowest BCUT2D eigenvalue weighted by molar-refractivity contribution is 0.0909. The van der Waals surface area contributed by atoms with Crippen molar-refractivity contribution in [1.82, 2.24) is 14.9 Å². The molecule has 2 N–H and O–H groups in total. The molecule has 21 heavy (non-hydrogen) atoms. The first-order valence-electron chi connectivity index (χ1n) is 7.36. The summed E-state index contributed by atoms with van der Waals surface area (Å²) < 4.78 is 28.6. The van der Waals surface area contributed by atoms with E-state index >= 15 is 0 Å². The van der Waals surface area contributed by atoms with Crippen molar-refractivity contribution in [3.8, 4) is 0 Å². The van der Waals surface area contributed by atoms with E-state index in [1.165, 1.54) is 12.4 Å². The van der Waals surface area contributed by atoms with Crippen LogP contribution in [0.15, 0.2) is 18.5 Å². The molecule has 1 aromatic heterocycles. The van der Waals surface area contributed by atoms with Crippen LogP contribution in [0.3, 0.4) is 0 Å². The zero-order valence-corrected chi connectivity index (χ0v) is 11.7. The van der Waals surface area contributed by atoms with Gasteiger partial charge in [0.15, 0.2) is 5.82 Å². The Hall–Kier alpha value is -1.53. The average Bonchev–Trinajstić information content (AvgIpc) is 2.84. The normalized spacial score (nSPS) is 22.8. The zero-order valence-electron chi connectivity index (χ0n) is 11.7. The summed E-state index contributed by atoms with van der Waals surface area (Å²) >= 11 is 0. The summed E-state index contributed by atoms with van der Waals surface area (Å²) in [7, 11) is 0. The third-order valence-electron chi connectivity index (χ3n) is 4.11. The van der Waals surface area contributed by atoms with Crippen LogP contribution in [-0.4, -0.2) is 33.3 Å². The van der Waals surface area contributed by atoms with Crippen LogP contribution < -0.4 is 5.32 Å². The van der Waals surface area contributed by atoms with Gasteiger partial charge in [0.05, 0.1) is 17.9 Å². The monoisotopic (exact) mass is 295 g/mol. The van der Waals surface area contributed by atoms with Crippen molar-refractivity contribution in [2.24, 2.45) is 0 Å². The van der Waals surface area contributed by atoms with Crippen molar-refractivity contribution in [3.05, 3.63) is 30.1 Å². The lowest BCUT2D eigenvalue weighted by Gasteiger charge is -2.29. The fourth-order valence-corrected chi connectivity index (χ4v) is 2.98. The Bertz CT molecular complexity index is 629. The number of hydrogen-bond donors (Lipinski definition) is 2. The Morgan fingerprint density at radius 1 is 1.38 bits per heavy atom. The predicted molar refractivity (Wildman–Crippen MR) is 75.9 cm³/mol. The van der Waals surface area contributed by atoms with Crippen LogP contribution in [-0.2, 0) is 6.54 Å². The number of nitrogens with one attached hydrogen (secondary N) is 1. The van der Waals surface area contributed by atoms with Gasteiger partial charge in [-0.1, -0.05) is 0 Å². The number of rotatable bonds is 4. The maximum atomic E-state index is 13.6. The first kappa shape index (κ1) is 14.4. The highest BCUT2D eigenvalue weighted by Crippen LogP contribution is 2.19. The molecule has 1 aliphatic rings. The van der Waals surface area contributed by atoms with E-state index in [1.807, 2.05) is 0 Å². The van der Waals surface area contributed by atoms with Crippen LogP contribution >= 0.6 is 0 Å². The zero-order chi connectivity index (χ0) is 14.8. The van der Waals surface area contributed by atoms with Gasteiger partial charge in [-0.15, -0.1) is 0 Å². The molecular formula is C15H19F2N3O. The molecule has 0 spiro atoms. The molecule has 0 radical (unpaired) electrons. The average molecular weight is 295 g/mol. The minimum Gasteiger partial charge on any atom is -0.392 e.